The van der Waals surface area contributed by atoms with E-state index in [1.807, 2.05) is 6.92 Å². The minimum Gasteiger partial charge on any atom is -0.365 e. The Morgan fingerprint density at radius 2 is 1.30 bits per heavy atom. The smallest absolute Gasteiger partial charge is 0.123 e. The minimum atomic E-state index is -0.394. The highest BCUT2D eigenvalue weighted by Gasteiger charge is 2.17. The van der Waals surface area contributed by atoms with E-state index < -0.39 is 6.10 Å². The minimum absolute atomic E-state index is 0.157. The van der Waals surface area contributed by atoms with Crippen molar-refractivity contribution in [1.29, 1.82) is 0 Å². The average molecular weight is 277 g/mol. The second-order valence-corrected chi connectivity index (χ2v) is 4.67. The maximum Gasteiger partial charge on any atom is 0.123 e. The van der Waals surface area contributed by atoms with Crippen LogP contribution in [0.3, 0.4) is 0 Å². The summed E-state index contributed by atoms with van der Waals surface area (Å²) >= 11 is 0. The molecule has 0 spiro atoms. The zero-order chi connectivity index (χ0) is 14.5. The Labute approximate surface area is 117 Å². The maximum atomic E-state index is 13.0. The van der Waals surface area contributed by atoms with E-state index in [0.717, 1.165) is 11.1 Å². The van der Waals surface area contributed by atoms with Crippen LogP contribution in [-0.4, -0.2) is 12.6 Å². The van der Waals surface area contributed by atoms with Crippen molar-refractivity contribution in [3.63, 3.8) is 0 Å². The van der Waals surface area contributed by atoms with E-state index in [0.29, 0.717) is 6.54 Å². The predicted molar refractivity (Wildman–Crippen MR) is 74.2 cm³/mol. The molecule has 4 heteroatoms. The predicted octanol–water partition coefficient (Wildman–Crippen LogP) is 3.42. The van der Waals surface area contributed by atoms with Crippen LogP contribution in [0.25, 0.3) is 0 Å². The molecule has 0 aromatic heterocycles. The van der Waals surface area contributed by atoms with E-state index in [2.05, 4.69) is 0 Å². The molecule has 106 valence electrons. The molecule has 2 aromatic carbocycles. The van der Waals surface area contributed by atoms with Crippen molar-refractivity contribution in [2.75, 3.05) is 6.54 Å². The molecule has 20 heavy (non-hydrogen) atoms. The van der Waals surface area contributed by atoms with Crippen LogP contribution >= 0.6 is 0 Å². The third-order valence-corrected chi connectivity index (χ3v) is 3.05. The lowest BCUT2D eigenvalue weighted by molar-refractivity contribution is 0.0246. The molecule has 0 saturated heterocycles. The van der Waals surface area contributed by atoms with E-state index >= 15 is 0 Å². The summed E-state index contributed by atoms with van der Waals surface area (Å²) in [5.74, 6) is -0.614. The van der Waals surface area contributed by atoms with Gasteiger partial charge in [-0.05, 0) is 42.3 Å². The first-order chi connectivity index (χ1) is 9.60. The highest BCUT2D eigenvalue weighted by molar-refractivity contribution is 5.30. The SMILES string of the molecule is CC(CN)OC(c1ccc(F)cc1)c1ccc(F)cc1. The van der Waals surface area contributed by atoms with Crippen molar-refractivity contribution in [2.24, 2.45) is 5.73 Å². The molecule has 0 bridgehead atoms. The summed E-state index contributed by atoms with van der Waals surface area (Å²) in [5, 5.41) is 0. The molecule has 0 heterocycles. The van der Waals surface area contributed by atoms with Crippen LogP contribution in [0.5, 0.6) is 0 Å². The quantitative estimate of drug-likeness (QED) is 0.909. The molecule has 0 aliphatic heterocycles. The Hall–Kier alpha value is -1.78. The summed E-state index contributed by atoms with van der Waals surface area (Å²) < 4.78 is 31.9. The monoisotopic (exact) mass is 277 g/mol. The number of hydrogen-bond donors (Lipinski definition) is 1. The van der Waals surface area contributed by atoms with Crippen molar-refractivity contribution in [3.8, 4) is 0 Å². The molecule has 2 nitrogen and oxygen atoms in total. The van der Waals surface area contributed by atoms with Gasteiger partial charge in [0.15, 0.2) is 0 Å². The van der Waals surface area contributed by atoms with Gasteiger partial charge in [0, 0.05) is 6.54 Å². The van der Waals surface area contributed by atoms with Crippen molar-refractivity contribution in [1.82, 2.24) is 0 Å². The van der Waals surface area contributed by atoms with Crippen molar-refractivity contribution < 1.29 is 13.5 Å². The zero-order valence-corrected chi connectivity index (χ0v) is 11.2. The number of ether oxygens (including phenoxy) is 1. The number of rotatable bonds is 5. The van der Waals surface area contributed by atoms with Crippen LogP contribution in [0.1, 0.15) is 24.2 Å². The van der Waals surface area contributed by atoms with E-state index in [1.54, 1.807) is 24.3 Å². The molecular formula is C16H17F2NO. The van der Waals surface area contributed by atoms with Gasteiger partial charge in [-0.15, -0.1) is 0 Å². The van der Waals surface area contributed by atoms with Gasteiger partial charge in [-0.1, -0.05) is 24.3 Å². The molecule has 2 rings (SSSR count). The van der Waals surface area contributed by atoms with Crippen molar-refractivity contribution in [3.05, 3.63) is 71.3 Å². The summed E-state index contributed by atoms with van der Waals surface area (Å²) in [4.78, 5) is 0. The van der Waals surface area contributed by atoms with Gasteiger partial charge in [-0.2, -0.15) is 0 Å². The Morgan fingerprint density at radius 1 is 0.900 bits per heavy atom. The highest BCUT2D eigenvalue weighted by atomic mass is 19.1. The summed E-state index contributed by atoms with van der Waals surface area (Å²) in [6, 6.07) is 12.1. The lowest BCUT2D eigenvalue weighted by Crippen LogP contribution is -2.23. The van der Waals surface area contributed by atoms with Crippen LogP contribution in [0.2, 0.25) is 0 Å². The van der Waals surface area contributed by atoms with E-state index in [-0.39, 0.29) is 17.7 Å². The van der Waals surface area contributed by atoms with Gasteiger partial charge in [-0.25, -0.2) is 8.78 Å². The molecule has 0 aliphatic carbocycles. The zero-order valence-electron chi connectivity index (χ0n) is 11.2. The van der Waals surface area contributed by atoms with Gasteiger partial charge in [0.25, 0.3) is 0 Å². The van der Waals surface area contributed by atoms with Gasteiger partial charge in [0.05, 0.1) is 6.10 Å². The Bertz CT molecular complexity index is 494. The fourth-order valence-electron chi connectivity index (χ4n) is 1.91. The molecule has 0 fully saturated rings. The normalized spacial score (nSPS) is 12.7. The molecule has 2 aromatic rings. The maximum absolute atomic E-state index is 13.0. The number of halogens is 2. The fourth-order valence-corrected chi connectivity index (χ4v) is 1.91. The first-order valence-electron chi connectivity index (χ1n) is 6.46. The summed E-state index contributed by atoms with van der Waals surface area (Å²) in [5.41, 5.74) is 7.19. The van der Waals surface area contributed by atoms with Crippen molar-refractivity contribution in [2.45, 2.75) is 19.1 Å². The number of hydrogen-bond acceptors (Lipinski definition) is 2. The summed E-state index contributed by atoms with van der Waals surface area (Å²) in [7, 11) is 0. The Kier molecular flexibility index (Phi) is 4.82. The Balaban J connectivity index is 2.33. The standard InChI is InChI=1S/C16H17F2NO/c1-11(10-19)20-16(12-2-6-14(17)7-3-12)13-4-8-15(18)9-5-13/h2-9,11,16H,10,19H2,1H3. The molecule has 0 saturated carbocycles. The lowest BCUT2D eigenvalue weighted by atomic mass is 10.0. The first kappa shape index (κ1) is 14.6. The largest absolute Gasteiger partial charge is 0.365 e. The number of benzene rings is 2. The van der Waals surface area contributed by atoms with Gasteiger partial charge in [-0.3, -0.25) is 0 Å². The lowest BCUT2D eigenvalue weighted by Gasteiger charge is -2.22. The third-order valence-electron chi connectivity index (χ3n) is 3.05. The topological polar surface area (TPSA) is 35.2 Å². The molecular weight excluding hydrogens is 260 g/mol. The molecule has 0 amide bonds. The highest BCUT2D eigenvalue weighted by Crippen LogP contribution is 2.27. The van der Waals surface area contributed by atoms with E-state index in [9.17, 15) is 8.78 Å². The molecule has 2 N–H and O–H groups in total. The summed E-state index contributed by atoms with van der Waals surface area (Å²) in [6.07, 6.45) is -0.551. The van der Waals surface area contributed by atoms with Gasteiger partial charge < -0.3 is 10.5 Å². The van der Waals surface area contributed by atoms with Crippen LogP contribution in [-0.2, 0) is 4.74 Å². The second-order valence-electron chi connectivity index (χ2n) is 4.67. The number of nitrogens with two attached hydrogens (primary N) is 1. The van der Waals surface area contributed by atoms with Gasteiger partial charge in [0.1, 0.15) is 17.7 Å². The molecule has 1 atom stereocenters. The van der Waals surface area contributed by atoms with Crippen LogP contribution < -0.4 is 5.73 Å². The average Bonchev–Trinajstić information content (AvgIpc) is 2.46. The third kappa shape index (κ3) is 3.62. The van der Waals surface area contributed by atoms with E-state index in [4.69, 9.17) is 10.5 Å². The fraction of sp³-hybridized carbons (Fsp3) is 0.250. The van der Waals surface area contributed by atoms with Gasteiger partial charge in [0.2, 0.25) is 0 Å². The molecule has 0 aliphatic rings. The molecule has 0 radical (unpaired) electrons. The second kappa shape index (κ2) is 6.59. The van der Waals surface area contributed by atoms with Gasteiger partial charge >= 0.3 is 0 Å². The van der Waals surface area contributed by atoms with Crippen LogP contribution in [0, 0.1) is 11.6 Å². The molecule has 1 unspecified atom stereocenters. The summed E-state index contributed by atoms with van der Waals surface area (Å²) in [6.45, 7) is 2.24. The Morgan fingerprint density at radius 3 is 1.65 bits per heavy atom. The first-order valence-corrected chi connectivity index (χ1v) is 6.46. The van der Waals surface area contributed by atoms with Crippen molar-refractivity contribution >= 4 is 0 Å². The van der Waals surface area contributed by atoms with E-state index in [1.165, 1.54) is 24.3 Å². The van der Waals surface area contributed by atoms with Crippen LogP contribution in [0.4, 0.5) is 8.78 Å². The van der Waals surface area contributed by atoms with Crippen LogP contribution in [0.15, 0.2) is 48.5 Å².